The standard InChI is InChI=1S/C22H31N5O3/c1-14(2)21-24-19(25-30-21)10-12-27(5)22(29)16-9-8-15(3)17(13-16)23-20(28)18-7-6-11-26(18)4/h8-9,13-14,18H,6-7,10-12H2,1-5H3,(H,23,28)/t18-/m0/s1. The van der Waals surface area contributed by atoms with Gasteiger partial charge in [0, 0.05) is 37.2 Å². The third kappa shape index (κ3) is 5.05. The zero-order valence-corrected chi connectivity index (χ0v) is 18.4. The topological polar surface area (TPSA) is 91.6 Å². The van der Waals surface area contributed by atoms with Gasteiger partial charge < -0.3 is 14.7 Å². The second-order valence-corrected chi connectivity index (χ2v) is 8.34. The predicted octanol–water partition coefficient (Wildman–Crippen LogP) is 2.85. The Hall–Kier alpha value is -2.74. The van der Waals surface area contributed by atoms with Gasteiger partial charge >= 0.3 is 0 Å². The second-order valence-electron chi connectivity index (χ2n) is 8.34. The van der Waals surface area contributed by atoms with Crippen LogP contribution in [-0.2, 0) is 11.2 Å². The lowest BCUT2D eigenvalue weighted by atomic mass is 10.1. The molecule has 30 heavy (non-hydrogen) atoms. The number of hydrogen-bond donors (Lipinski definition) is 1. The van der Waals surface area contributed by atoms with Crippen LogP contribution in [0, 0.1) is 6.92 Å². The van der Waals surface area contributed by atoms with Gasteiger partial charge in [-0.1, -0.05) is 25.1 Å². The van der Waals surface area contributed by atoms with Crippen LogP contribution in [0.15, 0.2) is 22.7 Å². The number of hydrogen-bond acceptors (Lipinski definition) is 6. The molecule has 8 heteroatoms. The molecular formula is C22H31N5O3. The Balaban J connectivity index is 1.63. The number of likely N-dealkylation sites (tertiary alicyclic amines) is 1. The molecule has 2 amide bonds. The van der Waals surface area contributed by atoms with Crippen LogP contribution in [0.3, 0.4) is 0 Å². The lowest BCUT2D eigenvalue weighted by Crippen LogP contribution is -2.37. The summed E-state index contributed by atoms with van der Waals surface area (Å²) in [6.45, 7) is 7.31. The molecule has 1 aromatic heterocycles. The molecule has 0 unspecified atom stereocenters. The number of anilines is 1. The van der Waals surface area contributed by atoms with Crippen LogP contribution in [-0.4, -0.2) is 65.0 Å². The molecule has 1 atom stereocenters. The number of nitrogens with zero attached hydrogens (tertiary/aromatic N) is 4. The van der Waals surface area contributed by atoms with Gasteiger partial charge in [0.05, 0.1) is 6.04 Å². The number of likely N-dealkylation sites (N-methyl/N-ethyl adjacent to an activating group) is 2. The van der Waals surface area contributed by atoms with Crippen molar-refractivity contribution in [1.29, 1.82) is 0 Å². The van der Waals surface area contributed by atoms with Gasteiger partial charge in [0.1, 0.15) is 0 Å². The number of carbonyl (C=O) groups is 2. The summed E-state index contributed by atoms with van der Waals surface area (Å²) in [7, 11) is 3.71. The Kier molecular flexibility index (Phi) is 6.87. The van der Waals surface area contributed by atoms with Crippen LogP contribution >= 0.6 is 0 Å². The molecule has 1 aliphatic rings. The van der Waals surface area contributed by atoms with Crippen molar-refractivity contribution in [3.05, 3.63) is 41.0 Å². The Morgan fingerprint density at radius 3 is 2.77 bits per heavy atom. The van der Waals surface area contributed by atoms with E-state index in [-0.39, 0.29) is 23.8 Å². The number of aromatic nitrogens is 2. The lowest BCUT2D eigenvalue weighted by Gasteiger charge is -2.20. The highest BCUT2D eigenvalue weighted by molar-refractivity contribution is 5.99. The largest absolute Gasteiger partial charge is 0.341 e. The molecule has 0 saturated carbocycles. The van der Waals surface area contributed by atoms with E-state index >= 15 is 0 Å². The highest BCUT2D eigenvalue weighted by atomic mass is 16.5. The highest BCUT2D eigenvalue weighted by Crippen LogP contribution is 2.21. The van der Waals surface area contributed by atoms with E-state index in [1.54, 1.807) is 24.1 Å². The van der Waals surface area contributed by atoms with Crippen molar-refractivity contribution in [1.82, 2.24) is 19.9 Å². The molecule has 2 aromatic rings. The molecule has 162 valence electrons. The van der Waals surface area contributed by atoms with Crippen molar-refractivity contribution in [3.8, 4) is 0 Å². The summed E-state index contributed by atoms with van der Waals surface area (Å²) in [4.78, 5) is 33.6. The molecular weight excluding hydrogens is 382 g/mol. The SMILES string of the molecule is Cc1ccc(C(=O)N(C)CCc2noc(C(C)C)n2)cc1NC(=O)[C@@H]1CCCN1C. The van der Waals surface area contributed by atoms with E-state index in [1.165, 1.54) is 0 Å². The Bertz CT molecular complexity index is 908. The van der Waals surface area contributed by atoms with Crippen LogP contribution in [0.25, 0.3) is 0 Å². The van der Waals surface area contributed by atoms with Crippen LogP contribution in [0.1, 0.15) is 60.2 Å². The van der Waals surface area contributed by atoms with E-state index < -0.39 is 0 Å². The maximum Gasteiger partial charge on any atom is 0.253 e. The number of benzene rings is 1. The molecule has 1 aliphatic heterocycles. The molecule has 1 saturated heterocycles. The zero-order valence-electron chi connectivity index (χ0n) is 18.4. The summed E-state index contributed by atoms with van der Waals surface area (Å²) in [5, 5.41) is 6.97. The number of carbonyl (C=O) groups excluding carboxylic acids is 2. The monoisotopic (exact) mass is 413 g/mol. The van der Waals surface area contributed by atoms with Gasteiger partial charge in [-0.2, -0.15) is 4.98 Å². The fourth-order valence-corrected chi connectivity index (χ4v) is 3.54. The van der Waals surface area contributed by atoms with Crippen molar-refractivity contribution in [2.24, 2.45) is 0 Å². The van der Waals surface area contributed by atoms with Crippen molar-refractivity contribution in [2.75, 3.05) is 32.5 Å². The van der Waals surface area contributed by atoms with E-state index in [0.717, 1.165) is 24.9 Å². The normalized spacial score (nSPS) is 16.8. The number of nitrogens with one attached hydrogen (secondary N) is 1. The van der Waals surface area contributed by atoms with Crippen LogP contribution in [0.2, 0.25) is 0 Å². The minimum atomic E-state index is -0.115. The summed E-state index contributed by atoms with van der Waals surface area (Å²) < 4.78 is 5.21. The van der Waals surface area contributed by atoms with Crippen molar-refractivity contribution < 1.29 is 14.1 Å². The van der Waals surface area contributed by atoms with Crippen molar-refractivity contribution in [2.45, 2.75) is 52.0 Å². The van der Waals surface area contributed by atoms with E-state index in [9.17, 15) is 9.59 Å². The molecule has 8 nitrogen and oxygen atoms in total. The number of rotatable bonds is 7. The second kappa shape index (κ2) is 9.38. The number of amides is 2. The molecule has 1 aromatic carbocycles. The van der Waals surface area contributed by atoms with Crippen LogP contribution in [0.5, 0.6) is 0 Å². The summed E-state index contributed by atoms with van der Waals surface area (Å²) in [6, 6.07) is 5.30. The number of aryl methyl sites for hydroxylation is 1. The first-order chi connectivity index (χ1) is 14.3. The van der Waals surface area contributed by atoms with E-state index in [2.05, 4.69) is 20.4 Å². The zero-order chi connectivity index (χ0) is 21.8. The predicted molar refractivity (Wildman–Crippen MR) is 115 cm³/mol. The van der Waals surface area contributed by atoms with Crippen LogP contribution in [0.4, 0.5) is 5.69 Å². The van der Waals surface area contributed by atoms with Gasteiger partial charge in [-0.05, 0) is 51.1 Å². The molecule has 0 aliphatic carbocycles. The van der Waals surface area contributed by atoms with E-state index in [0.29, 0.717) is 35.9 Å². The molecule has 0 spiro atoms. The van der Waals surface area contributed by atoms with E-state index in [1.807, 2.05) is 33.9 Å². The third-order valence-corrected chi connectivity index (χ3v) is 5.56. The Morgan fingerprint density at radius 2 is 2.13 bits per heavy atom. The summed E-state index contributed by atoms with van der Waals surface area (Å²) >= 11 is 0. The smallest absolute Gasteiger partial charge is 0.253 e. The summed E-state index contributed by atoms with van der Waals surface area (Å²) in [5.74, 6) is 1.24. The average Bonchev–Trinajstić information content (AvgIpc) is 3.36. The molecule has 2 heterocycles. The minimum absolute atomic E-state index is 0.0193. The summed E-state index contributed by atoms with van der Waals surface area (Å²) in [5.41, 5.74) is 2.14. The first-order valence-electron chi connectivity index (χ1n) is 10.5. The molecule has 3 rings (SSSR count). The van der Waals surface area contributed by atoms with Gasteiger partial charge in [-0.25, -0.2) is 0 Å². The quantitative estimate of drug-likeness (QED) is 0.750. The van der Waals surface area contributed by atoms with Crippen LogP contribution < -0.4 is 5.32 Å². The average molecular weight is 414 g/mol. The molecule has 0 bridgehead atoms. The van der Waals surface area contributed by atoms with Gasteiger partial charge in [0.15, 0.2) is 5.82 Å². The molecule has 0 radical (unpaired) electrons. The highest BCUT2D eigenvalue weighted by Gasteiger charge is 2.28. The maximum absolute atomic E-state index is 12.9. The third-order valence-electron chi connectivity index (χ3n) is 5.56. The van der Waals surface area contributed by atoms with Gasteiger partial charge in [0.25, 0.3) is 5.91 Å². The Morgan fingerprint density at radius 1 is 1.37 bits per heavy atom. The van der Waals surface area contributed by atoms with Crippen molar-refractivity contribution >= 4 is 17.5 Å². The summed E-state index contributed by atoms with van der Waals surface area (Å²) in [6.07, 6.45) is 2.40. The van der Waals surface area contributed by atoms with E-state index in [4.69, 9.17) is 4.52 Å². The lowest BCUT2D eigenvalue weighted by molar-refractivity contribution is -0.119. The van der Waals surface area contributed by atoms with Crippen molar-refractivity contribution in [3.63, 3.8) is 0 Å². The maximum atomic E-state index is 12.9. The Labute approximate surface area is 177 Å². The van der Waals surface area contributed by atoms with Gasteiger partial charge in [-0.15, -0.1) is 0 Å². The van der Waals surface area contributed by atoms with Gasteiger partial charge in [-0.3, -0.25) is 14.5 Å². The molecule has 1 fully saturated rings. The fourth-order valence-electron chi connectivity index (χ4n) is 3.54. The molecule has 1 N–H and O–H groups in total. The first kappa shape index (κ1) is 22.0. The first-order valence-corrected chi connectivity index (χ1v) is 10.5. The van der Waals surface area contributed by atoms with Gasteiger partial charge in [0.2, 0.25) is 11.8 Å². The fraction of sp³-hybridized carbons (Fsp3) is 0.545. The minimum Gasteiger partial charge on any atom is -0.341 e.